The Morgan fingerprint density at radius 2 is 1.50 bits per heavy atom. The van der Waals surface area contributed by atoms with E-state index < -0.39 is 29.9 Å². The maximum absolute atomic E-state index is 14.1. The summed E-state index contributed by atoms with van der Waals surface area (Å²) in [5, 5.41) is 23.6. The predicted octanol–water partition coefficient (Wildman–Crippen LogP) is 4.39. The lowest BCUT2D eigenvalue weighted by molar-refractivity contribution is -0.138. The highest BCUT2D eigenvalue weighted by Crippen LogP contribution is 2.44. The Labute approximate surface area is 383 Å². The number of hydrogen-bond donors (Lipinski definition) is 4. The molecule has 2 aromatic carbocycles. The number of pyridine rings is 1. The van der Waals surface area contributed by atoms with Gasteiger partial charge in [0.2, 0.25) is 6.41 Å². The van der Waals surface area contributed by atoms with Gasteiger partial charge in [-0.1, -0.05) is 18.1 Å². The number of likely N-dealkylation sites (N-methyl/N-ethyl adjacent to an activating group) is 1. The number of benzene rings is 2. The van der Waals surface area contributed by atoms with Crippen LogP contribution in [-0.2, 0) is 36.5 Å². The van der Waals surface area contributed by atoms with Crippen molar-refractivity contribution in [1.29, 1.82) is 0 Å². The number of amides is 2. The Hall–Kier alpha value is -5.10. The molecule has 3 unspecified atom stereocenters. The summed E-state index contributed by atoms with van der Waals surface area (Å²) in [7, 11) is 1.99. The molecule has 18 heteroatoms. The van der Waals surface area contributed by atoms with Gasteiger partial charge in [0.1, 0.15) is 23.7 Å². The third-order valence-electron chi connectivity index (χ3n) is 11.9. The summed E-state index contributed by atoms with van der Waals surface area (Å²) in [6, 6.07) is 12.6. The largest absolute Gasteiger partial charge is 0.491 e. The number of carbonyl (C=O) groups is 2. The molecule has 3 fully saturated rings. The molecule has 7 rings (SSSR count). The number of nitrogens with one attached hydrogen (secondary N) is 2. The van der Waals surface area contributed by atoms with E-state index in [2.05, 4.69) is 32.4 Å². The van der Waals surface area contributed by atoms with E-state index in [1.165, 1.54) is 12.1 Å². The molecule has 0 spiro atoms. The monoisotopic (exact) mass is 922 g/mol. The molecule has 1 aliphatic heterocycles. The number of fused-ring (bicyclic) bond motifs is 3. The third kappa shape index (κ3) is 15.0. The summed E-state index contributed by atoms with van der Waals surface area (Å²) in [6.45, 7) is 9.29. The van der Waals surface area contributed by atoms with Crippen molar-refractivity contribution in [3.63, 3.8) is 0 Å². The van der Waals surface area contributed by atoms with Gasteiger partial charge in [0.25, 0.3) is 5.91 Å². The lowest BCUT2D eigenvalue weighted by Gasteiger charge is -2.33. The zero-order valence-corrected chi connectivity index (χ0v) is 37.6. The molecule has 2 saturated carbocycles. The van der Waals surface area contributed by atoms with Gasteiger partial charge in [0.05, 0.1) is 76.8 Å². The number of anilines is 1. The molecule has 3 heterocycles. The summed E-state index contributed by atoms with van der Waals surface area (Å²) >= 11 is 0. The molecule has 2 bridgehead atoms. The molecule has 1 saturated heterocycles. The quantitative estimate of drug-likeness (QED) is 0.0530. The number of imidazole rings is 1. The van der Waals surface area contributed by atoms with Crippen LogP contribution in [0.3, 0.4) is 0 Å². The number of piperazine rings is 1. The van der Waals surface area contributed by atoms with Gasteiger partial charge in [-0.05, 0) is 92.4 Å². The minimum atomic E-state index is -4.57. The van der Waals surface area contributed by atoms with Gasteiger partial charge in [-0.2, -0.15) is 13.2 Å². The zero-order chi connectivity index (χ0) is 46.9. The Kier molecular flexibility index (Phi) is 19.2. The van der Waals surface area contributed by atoms with Crippen molar-refractivity contribution in [3.8, 4) is 17.6 Å². The highest BCUT2D eigenvalue weighted by molar-refractivity contribution is 6.04. The fourth-order valence-electron chi connectivity index (χ4n) is 8.08. The number of alkyl halides is 3. The lowest BCUT2D eigenvalue weighted by atomic mass is 9.95. The Morgan fingerprint density at radius 1 is 0.848 bits per heavy atom. The Balaban J connectivity index is 0.000000705. The van der Waals surface area contributed by atoms with E-state index in [1.54, 1.807) is 42.7 Å². The number of aromatic nitrogens is 2. The van der Waals surface area contributed by atoms with Gasteiger partial charge in [-0.25, -0.2) is 4.98 Å². The minimum Gasteiger partial charge on any atom is -0.491 e. The molecule has 66 heavy (non-hydrogen) atoms. The van der Waals surface area contributed by atoms with E-state index >= 15 is 0 Å². The van der Waals surface area contributed by atoms with E-state index in [0.717, 1.165) is 44.0 Å². The van der Waals surface area contributed by atoms with Crippen LogP contribution in [0.4, 0.5) is 18.9 Å². The molecule has 15 nitrogen and oxygen atoms in total. The second-order valence-electron chi connectivity index (χ2n) is 16.6. The van der Waals surface area contributed by atoms with Gasteiger partial charge in [0.15, 0.2) is 0 Å². The SMILES string of the molecule is Cc1ccc(C(=O)Nc2ccc(CN3CCN(C)CC3)c(C(F)(F)F)c2)cc1C#Cc1cnc2cc(OCCOCCOCCOCCOCCNC=O)ccn12.OC1C2CC[C@@H](C2)C1O. The number of carbonyl (C=O) groups excluding carboxylic acids is 2. The number of aryl methyl sites for hydroxylation is 1. The minimum absolute atomic E-state index is 0.0638. The van der Waals surface area contributed by atoms with Gasteiger partial charge in [-0.3, -0.25) is 18.9 Å². The normalized spacial score (nSPS) is 19.5. The molecular weight excluding hydrogens is 862 g/mol. The number of aliphatic hydroxyl groups is 2. The van der Waals surface area contributed by atoms with Crippen LogP contribution >= 0.6 is 0 Å². The molecule has 2 amide bonds. The average molecular weight is 923 g/mol. The van der Waals surface area contributed by atoms with E-state index in [9.17, 15) is 33.0 Å². The van der Waals surface area contributed by atoms with Crippen molar-refractivity contribution in [2.45, 2.75) is 51.1 Å². The standard InChI is InChI=1S/C41H49F3N6O7.C7H12O2/c1-31-3-4-33(40(52)47-35-7-5-34(38(26-35)41(42,43)44)29-49-14-12-48(2)13-15-49)25-32(31)6-8-36-28-46-39-27-37(9-11-50(36)39)57-24-23-56-22-21-55-20-19-54-18-17-53-16-10-45-30-51;8-6-4-1-2-5(3-4)7(6)9/h3-5,7,9,11,25-28,30H,10,12-24,29H2,1-2H3,(H,45,51)(H,47,52);4-9H,1-3H2/t;4-,5?,6?,7?/m.0/s1. The molecule has 4 N–H and O–H groups in total. The molecule has 2 aliphatic carbocycles. The predicted molar refractivity (Wildman–Crippen MR) is 240 cm³/mol. The maximum Gasteiger partial charge on any atom is 0.416 e. The Bertz CT molecular complexity index is 2220. The smallest absolute Gasteiger partial charge is 0.416 e. The summed E-state index contributed by atoms with van der Waals surface area (Å²) in [5.74, 6) is 7.16. The summed E-state index contributed by atoms with van der Waals surface area (Å²) in [4.78, 5) is 32.0. The van der Waals surface area contributed by atoms with Crippen molar-refractivity contribution in [1.82, 2.24) is 24.5 Å². The van der Waals surface area contributed by atoms with E-state index in [0.29, 0.717) is 120 Å². The second kappa shape index (κ2) is 25.1. The van der Waals surface area contributed by atoms with E-state index in [1.807, 2.05) is 23.3 Å². The van der Waals surface area contributed by atoms with Crippen LogP contribution in [0.2, 0.25) is 0 Å². The van der Waals surface area contributed by atoms with Crippen molar-refractivity contribution in [2.24, 2.45) is 11.8 Å². The molecular formula is C48H61F3N6O9. The molecule has 0 radical (unpaired) electrons. The van der Waals surface area contributed by atoms with Crippen molar-refractivity contribution < 1.29 is 56.7 Å². The fourth-order valence-corrected chi connectivity index (χ4v) is 8.08. The van der Waals surface area contributed by atoms with Crippen LogP contribution in [0, 0.1) is 30.6 Å². The van der Waals surface area contributed by atoms with Gasteiger partial charge in [0, 0.05) is 68.3 Å². The maximum atomic E-state index is 14.1. The van der Waals surface area contributed by atoms with Crippen molar-refractivity contribution in [3.05, 3.63) is 94.4 Å². The van der Waals surface area contributed by atoms with Crippen LogP contribution < -0.4 is 15.4 Å². The van der Waals surface area contributed by atoms with Crippen LogP contribution in [0.5, 0.6) is 5.75 Å². The average Bonchev–Trinajstić information content (AvgIpc) is 4.03. The first-order valence-electron chi connectivity index (χ1n) is 22.4. The summed E-state index contributed by atoms with van der Waals surface area (Å²) in [5.41, 5.74) is 2.43. The fraction of sp³-hybridized carbons (Fsp3) is 0.521. The summed E-state index contributed by atoms with van der Waals surface area (Å²) < 4.78 is 71.7. The van der Waals surface area contributed by atoms with E-state index in [-0.39, 0.29) is 23.4 Å². The van der Waals surface area contributed by atoms with Gasteiger partial charge < -0.3 is 49.4 Å². The first-order chi connectivity index (χ1) is 31.9. The highest BCUT2D eigenvalue weighted by Gasteiger charge is 2.45. The molecule has 358 valence electrons. The number of aliphatic hydroxyl groups excluding tert-OH is 2. The highest BCUT2D eigenvalue weighted by atomic mass is 19.4. The summed E-state index contributed by atoms with van der Waals surface area (Å²) in [6.07, 6.45) is 2.02. The van der Waals surface area contributed by atoms with Crippen LogP contribution in [-0.4, -0.2) is 153 Å². The number of ether oxygens (including phenoxy) is 5. The molecule has 4 atom stereocenters. The number of hydrogen-bond acceptors (Lipinski definition) is 12. The first kappa shape index (κ1) is 50.3. The zero-order valence-electron chi connectivity index (χ0n) is 37.6. The first-order valence-corrected chi connectivity index (χ1v) is 22.4. The topological polar surface area (TPSA) is 169 Å². The van der Waals surface area contributed by atoms with Crippen molar-refractivity contribution >= 4 is 23.7 Å². The number of halogens is 3. The van der Waals surface area contributed by atoms with Gasteiger partial charge >= 0.3 is 6.18 Å². The number of rotatable bonds is 21. The van der Waals surface area contributed by atoms with Crippen molar-refractivity contribution in [2.75, 3.05) is 105 Å². The number of nitrogens with zero attached hydrogens (tertiary/aromatic N) is 4. The lowest BCUT2D eigenvalue weighted by Crippen LogP contribution is -2.44. The van der Waals surface area contributed by atoms with Crippen LogP contribution in [0.15, 0.2) is 60.9 Å². The van der Waals surface area contributed by atoms with Crippen LogP contribution in [0.25, 0.3) is 5.65 Å². The van der Waals surface area contributed by atoms with E-state index in [4.69, 9.17) is 23.7 Å². The molecule has 3 aliphatic rings. The van der Waals surface area contributed by atoms with Crippen LogP contribution in [0.1, 0.15) is 57.6 Å². The molecule has 2 aromatic heterocycles. The van der Waals surface area contributed by atoms with Gasteiger partial charge in [-0.15, -0.1) is 0 Å². The second-order valence-corrected chi connectivity index (χ2v) is 16.6. The third-order valence-corrected chi connectivity index (χ3v) is 11.9. The molecule has 4 aromatic rings. The Morgan fingerprint density at radius 3 is 2.12 bits per heavy atom.